The smallest absolute Gasteiger partial charge is 0.127 e. The summed E-state index contributed by atoms with van der Waals surface area (Å²) in [6, 6.07) is 18.4. The van der Waals surface area contributed by atoms with Crippen molar-refractivity contribution < 1.29 is 4.74 Å². The Bertz CT molecular complexity index is 439. The van der Waals surface area contributed by atoms with Crippen LogP contribution in [0, 0.1) is 6.07 Å². The first-order valence-corrected chi connectivity index (χ1v) is 5.57. The molecule has 0 aliphatic heterocycles. The SMILES string of the molecule is Clc1ccccc1CCOc1[c]cccc1. The topological polar surface area (TPSA) is 9.23 Å². The highest BCUT2D eigenvalue weighted by Gasteiger charge is 1.99. The molecule has 0 atom stereocenters. The molecule has 0 aromatic heterocycles. The third kappa shape index (κ3) is 3.01. The van der Waals surface area contributed by atoms with Gasteiger partial charge in [0.15, 0.2) is 0 Å². The lowest BCUT2D eigenvalue weighted by atomic mass is 10.2. The van der Waals surface area contributed by atoms with Gasteiger partial charge >= 0.3 is 0 Å². The Kier molecular flexibility index (Phi) is 3.84. The molecule has 0 unspecified atom stereocenters. The number of rotatable bonds is 4. The molecule has 1 radical (unpaired) electrons. The van der Waals surface area contributed by atoms with E-state index in [-0.39, 0.29) is 0 Å². The second-order valence-corrected chi connectivity index (χ2v) is 3.82. The zero-order valence-electron chi connectivity index (χ0n) is 8.82. The van der Waals surface area contributed by atoms with Gasteiger partial charge in [-0.3, -0.25) is 0 Å². The summed E-state index contributed by atoms with van der Waals surface area (Å²) in [7, 11) is 0. The van der Waals surface area contributed by atoms with Gasteiger partial charge < -0.3 is 4.74 Å². The third-order valence-electron chi connectivity index (χ3n) is 2.27. The van der Waals surface area contributed by atoms with E-state index in [2.05, 4.69) is 6.07 Å². The average Bonchev–Trinajstić information content (AvgIpc) is 2.33. The van der Waals surface area contributed by atoms with Crippen molar-refractivity contribution in [2.24, 2.45) is 0 Å². The summed E-state index contributed by atoms with van der Waals surface area (Å²) in [5.41, 5.74) is 1.11. The average molecular weight is 232 g/mol. The molecule has 2 heteroatoms. The summed E-state index contributed by atoms with van der Waals surface area (Å²) < 4.78 is 5.55. The van der Waals surface area contributed by atoms with Crippen molar-refractivity contribution in [2.75, 3.05) is 6.61 Å². The van der Waals surface area contributed by atoms with Crippen LogP contribution in [0.25, 0.3) is 0 Å². The van der Waals surface area contributed by atoms with Crippen LogP contribution in [0.2, 0.25) is 5.02 Å². The van der Waals surface area contributed by atoms with Crippen LogP contribution in [-0.2, 0) is 6.42 Å². The normalized spacial score (nSPS) is 10.1. The maximum Gasteiger partial charge on any atom is 0.127 e. The molecule has 16 heavy (non-hydrogen) atoms. The Hall–Kier alpha value is -1.47. The van der Waals surface area contributed by atoms with Gasteiger partial charge in [0.05, 0.1) is 6.61 Å². The number of ether oxygens (including phenoxy) is 1. The van der Waals surface area contributed by atoms with Crippen molar-refractivity contribution in [1.29, 1.82) is 0 Å². The van der Waals surface area contributed by atoms with Gasteiger partial charge in [0.2, 0.25) is 0 Å². The summed E-state index contributed by atoms with van der Waals surface area (Å²) in [4.78, 5) is 0. The molecule has 0 amide bonds. The first-order chi connectivity index (χ1) is 7.86. The molecule has 2 rings (SSSR count). The lowest BCUT2D eigenvalue weighted by Gasteiger charge is -2.06. The molecule has 0 spiro atoms. The predicted molar refractivity (Wildman–Crippen MR) is 65.9 cm³/mol. The van der Waals surface area contributed by atoms with Gasteiger partial charge in [0.1, 0.15) is 5.75 Å². The van der Waals surface area contributed by atoms with E-state index in [1.54, 1.807) is 0 Å². The molecule has 0 aliphatic carbocycles. The highest BCUT2D eigenvalue weighted by atomic mass is 35.5. The van der Waals surface area contributed by atoms with E-state index in [0.717, 1.165) is 22.8 Å². The van der Waals surface area contributed by atoms with Crippen LogP contribution in [0.1, 0.15) is 5.56 Å². The number of halogens is 1. The Morgan fingerprint density at radius 3 is 2.62 bits per heavy atom. The molecule has 0 aliphatic rings. The van der Waals surface area contributed by atoms with E-state index in [1.165, 1.54) is 0 Å². The van der Waals surface area contributed by atoms with E-state index in [9.17, 15) is 0 Å². The minimum absolute atomic E-state index is 0.615. The van der Waals surface area contributed by atoms with Crippen LogP contribution in [-0.4, -0.2) is 6.61 Å². The molecule has 1 nitrogen and oxygen atoms in total. The van der Waals surface area contributed by atoms with Crippen LogP contribution in [0.3, 0.4) is 0 Å². The van der Waals surface area contributed by atoms with E-state index in [0.29, 0.717) is 6.61 Å². The summed E-state index contributed by atoms with van der Waals surface area (Å²) in [5.74, 6) is 0.773. The summed E-state index contributed by atoms with van der Waals surface area (Å²) in [6.45, 7) is 0.615. The van der Waals surface area contributed by atoms with Gasteiger partial charge in [-0.2, -0.15) is 0 Å². The Balaban J connectivity index is 1.87. The molecule has 0 heterocycles. The highest BCUT2D eigenvalue weighted by Crippen LogP contribution is 2.16. The van der Waals surface area contributed by atoms with Crippen LogP contribution in [0.15, 0.2) is 48.5 Å². The van der Waals surface area contributed by atoms with Gasteiger partial charge in [0.25, 0.3) is 0 Å². The predicted octanol–water partition coefficient (Wildman–Crippen LogP) is 3.76. The van der Waals surface area contributed by atoms with Gasteiger partial charge in [-0.15, -0.1) is 0 Å². The van der Waals surface area contributed by atoms with E-state index < -0.39 is 0 Å². The van der Waals surface area contributed by atoms with Crippen molar-refractivity contribution in [1.82, 2.24) is 0 Å². The third-order valence-corrected chi connectivity index (χ3v) is 2.64. The lowest BCUT2D eigenvalue weighted by molar-refractivity contribution is 0.321. The number of benzene rings is 2. The summed E-state index contributed by atoms with van der Waals surface area (Å²) >= 11 is 6.04. The lowest BCUT2D eigenvalue weighted by Crippen LogP contribution is -2.01. The molecule has 2 aromatic carbocycles. The van der Waals surface area contributed by atoms with Crippen molar-refractivity contribution in [2.45, 2.75) is 6.42 Å². The van der Waals surface area contributed by atoms with Gasteiger partial charge in [-0.25, -0.2) is 0 Å². The fourth-order valence-electron chi connectivity index (χ4n) is 1.44. The second kappa shape index (κ2) is 5.57. The number of hydrogen-bond acceptors (Lipinski definition) is 1. The maximum absolute atomic E-state index is 6.04. The Labute approximate surface area is 101 Å². The van der Waals surface area contributed by atoms with Crippen LogP contribution in [0.4, 0.5) is 0 Å². The molecule has 81 valence electrons. The number of hydrogen-bond donors (Lipinski definition) is 0. The van der Waals surface area contributed by atoms with Crippen molar-refractivity contribution in [3.63, 3.8) is 0 Å². The zero-order valence-corrected chi connectivity index (χ0v) is 9.58. The van der Waals surface area contributed by atoms with E-state index in [4.69, 9.17) is 16.3 Å². The van der Waals surface area contributed by atoms with E-state index in [1.807, 2.05) is 48.5 Å². The molecule has 0 fully saturated rings. The van der Waals surface area contributed by atoms with E-state index >= 15 is 0 Å². The quantitative estimate of drug-likeness (QED) is 0.779. The standard InChI is InChI=1S/C14H12ClO/c15-14-9-5-4-6-12(14)10-11-16-13-7-2-1-3-8-13/h1-7,9H,10-11H2. The number of para-hydroxylation sites is 1. The Morgan fingerprint density at radius 2 is 1.88 bits per heavy atom. The molecular formula is C14H12ClO. The molecule has 2 aromatic rings. The maximum atomic E-state index is 6.04. The minimum atomic E-state index is 0.615. The molecule has 0 saturated heterocycles. The first kappa shape index (κ1) is 11.0. The second-order valence-electron chi connectivity index (χ2n) is 3.42. The zero-order chi connectivity index (χ0) is 11.2. The summed E-state index contributed by atoms with van der Waals surface area (Å²) in [6.07, 6.45) is 0.808. The monoisotopic (exact) mass is 231 g/mol. The van der Waals surface area contributed by atoms with Crippen molar-refractivity contribution >= 4 is 11.6 Å². The summed E-state index contributed by atoms with van der Waals surface area (Å²) in [5, 5.41) is 0.795. The molecule has 0 N–H and O–H groups in total. The van der Waals surface area contributed by atoms with Crippen LogP contribution in [0.5, 0.6) is 5.75 Å². The van der Waals surface area contributed by atoms with Crippen LogP contribution < -0.4 is 4.74 Å². The molecule has 0 saturated carbocycles. The Morgan fingerprint density at radius 1 is 1.06 bits per heavy atom. The van der Waals surface area contributed by atoms with Gasteiger partial charge in [0, 0.05) is 17.5 Å². The fourth-order valence-corrected chi connectivity index (χ4v) is 1.67. The van der Waals surface area contributed by atoms with Crippen molar-refractivity contribution in [3.8, 4) is 5.75 Å². The molecular weight excluding hydrogens is 220 g/mol. The fraction of sp³-hybridized carbons (Fsp3) is 0.143. The first-order valence-electron chi connectivity index (χ1n) is 5.19. The highest BCUT2D eigenvalue weighted by molar-refractivity contribution is 6.31. The van der Waals surface area contributed by atoms with Crippen LogP contribution >= 0.6 is 11.6 Å². The largest absolute Gasteiger partial charge is 0.493 e. The van der Waals surface area contributed by atoms with Crippen molar-refractivity contribution in [3.05, 3.63) is 65.2 Å². The van der Waals surface area contributed by atoms with Gasteiger partial charge in [-0.1, -0.05) is 48.0 Å². The minimum Gasteiger partial charge on any atom is -0.493 e. The van der Waals surface area contributed by atoms with Gasteiger partial charge in [-0.05, 0) is 17.7 Å². The molecule has 0 bridgehead atoms.